The highest BCUT2D eigenvalue weighted by molar-refractivity contribution is 6.62. The van der Waals surface area contributed by atoms with Crippen molar-refractivity contribution in [1.82, 2.24) is 9.97 Å². The van der Waals surface area contributed by atoms with E-state index in [1.165, 1.54) is 12.3 Å². The Morgan fingerprint density at radius 1 is 1.14 bits per heavy atom. The van der Waals surface area contributed by atoms with E-state index < -0.39 is 0 Å². The fourth-order valence-corrected chi connectivity index (χ4v) is 1.36. The molecule has 0 radical (unpaired) electrons. The van der Waals surface area contributed by atoms with Crippen molar-refractivity contribution in [3.05, 3.63) is 23.1 Å². The minimum absolute atomic E-state index is 0.224. The number of nitrogens with zero attached hydrogens (tertiary/aromatic N) is 5. The highest BCUT2D eigenvalue weighted by Crippen LogP contribution is 2.11. The fourth-order valence-electron chi connectivity index (χ4n) is 1.36. The molecule has 0 fully saturated rings. The summed E-state index contributed by atoms with van der Waals surface area (Å²) in [5, 5.41) is 11.9. The van der Waals surface area contributed by atoms with Crippen molar-refractivity contribution in [2.75, 3.05) is 0 Å². The molecule has 0 bridgehead atoms. The minimum atomic E-state index is -0.224. The van der Waals surface area contributed by atoms with Crippen LogP contribution in [0, 0.1) is 0 Å². The van der Waals surface area contributed by atoms with Gasteiger partial charge in [-0.15, -0.1) is 10.2 Å². The minimum Gasteiger partial charge on any atom is -0.287 e. The maximum absolute atomic E-state index is 11.4. The molecule has 0 saturated heterocycles. The second-order valence-electron chi connectivity index (χ2n) is 2.79. The standard InChI is InChI=1S/C8H3N5O/c14-5-3-4-6(10-2-1-9-4)8-7(5)11-13-12-8/h1-3H. The number of hydrogen-bond donors (Lipinski definition) is 0. The molecular formula is C8H3N5O. The van der Waals surface area contributed by atoms with Crippen molar-refractivity contribution in [1.29, 1.82) is 0 Å². The van der Waals surface area contributed by atoms with Crippen molar-refractivity contribution < 1.29 is 4.79 Å². The third-order valence-corrected chi connectivity index (χ3v) is 1.97. The van der Waals surface area contributed by atoms with Gasteiger partial charge in [0.1, 0.15) is 11.0 Å². The molecule has 0 atom stereocenters. The van der Waals surface area contributed by atoms with Gasteiger partial charge < -0.3 is 0 Å². The second-order valence-corrected chi connectivity index (χ2v) is 2.79. The van der Waals surface area contributed by atoms with Crippen LogP contribution in [0.5, 0.6) is 0 Å². The van der Waals surface area contributed by atoms with Gasteiger partial charge in [0.2, 0.25) is 5.78 Å². The number of ketones is 1. The molecule has 2 heterocycles. The molecule has 0 saturated carbocycles. The number of Topliss-reactive ketones (excluding diaryl/α,β-unsaturated/α-hetero) is 1. The number of fused-ring (bicyclic) bond motifs is 2. The molecule has 0 amide bonds. The zero-order chi connectivity index (χ0) is 9.54. The first-order valence-corrected chi connectivity index (χ1v) is 3.93. The molecule has 0 aromatic carbocycles. The van der Waals surface area contributed by atoms with Crippen LogP contribution in [0.3, 0.4) is 0 Å². The van der Waals surface area contributed by atoms with Gasteiger partial charge in [0.15, 0.2) is 5.71 Å². The zero-order valence-electron chi connectivity index (χ0n) is 6.88. The summed E-state index contributed by atoms with van der Waals surface area (Å²) in [5.41, 5.74) is 0.665. The van der Waals surface area contributed by atoms with E-state index in [0.29, 0.717) is 16.4 Å². The lowest BCUT2D eigenvalue weighted by Crippen LogP contribution is -2.40. The van der Waals surface area contributed by atoms with Gasteiger partial charge in [-0.2, -0.15) is 0 Å². The van der Waals surface area contributed by atoms with E-state index in [0.717, 1.165) is 0 Å². The summed E-state index contributed by atoms with van der Waals surface area (Å²) >= 11 is 0. The fraction of sp³-hybridized carbons (Fsp3) is 0. The lowest BCUT2D eigenvalue weighted by molar-refractivity contribution is -0.107. The summed E-state index contributed by atoms with van der Waals surface area (Å²) < 4.78 is 0. The molecule has 1 aromatic heterocycles. The maximum Gasteiger partial charge on any atom is 0.210 e. The molecule has 0 N–H and O–H groups in total. The maximum atomic E-state index is 11.4. The average molecular weight is 185 g/mol. The van der Waals surface area contributed by atoms with Gasteiger partial charge in [-0.05, 0) is 5.22 Å². The zero-order valence-corrected chi connectivity index (χ0v) is 6.88. The van der Waals surface area contributed by atoms with Crippen LogP contribution in [-0.4, -0.2) is 21.5 Å². The van der Waals surface area contributed by atoms with Crippen LogP contribution < -0.4 is 10.7 Å². The summed E-state index contributed by atoms with van der Waals surface area (Å²) in [4.78, 5) is 19.5. The van der Waals surface area contributed by atoms with Crippen LogP contribution in [-0.2, 0) is 4.79 Å². The molecule has 6 heteroatoms. The van der Waals surface area contributed by atoms with Gasteiger partial charge in [-0.25, -0.2) is 0 Å². The van der Waals surface area contributed by atoms with E-state index >= 15 is 0 Å². The van der Waals surface area contributed by atoms with E-state index in [1.54, 1.807) is 6.20 Å². The summed E-state index contributed by atoms with van der Waals surface area (Å²) in [5.74, 6) is -0.224. The highest BCUT2D eigenvalue weighted by atomic mass is 16.1. The van der Waals surface area contributed by atoms with E-state index in [9.17, 15) is 4.79 Å². The number of rotatable bonds is 0. The molecule has 14 heavy (non-hydrogen) atoms. The van der Waals surface area contributed by atoms with Crippen LogP contribution in [0.15, 0.2) is 27.8 Å². The molecule has 1 aliphatic heterocycles. The first-order chi connectivity index (χ1) is 6.86. The Morgan fingerprint density at radius 3 is 2.93 bits per heavy atom. The third kappa shape index (κ3) is 0.792. The second kappa shape index (κ2) is 2.38. The third-order valence-electron chi connectivity index (χ3n) is 1.97. The molecule has 66 valence electrons. The number of carbonyl (C=O) groups excluding carboxylic acids is 1. The van der Waals surface area contributed by atoms with E-state index in [1.807, 2.05) is 0 Å². The van der Waals surface area contributed by atoms with Gasteiger partial charge in [-0.1, -0.05) is 0 Å². The SMILES string of the molecule is O=C1C=c2nccnc2=C2N=NN=C12. The largest absolute Gasteiger partial charge is 0.287 e. The highest BCUT2D eigenvalue weighted by Gasteiger charge is 2.24. The molecule has 0 spiro atoms. The number of carbonyl (C=O) groups is 1. The normalized spacial score (nSPS) is 17.3. The summed E-state index contributed by atoms with van der Waals surface area (Å²) in [7, 11) is 0. The van der Waals surface area contributed by atoms with Crippen molar-refractivity contribution in [2.45, 2.75) is 0 Å². The van der Waals surface area contributed by atoms with Crippen molar-refractivity contribution in [3.8, 4) is 0 Å². The predicted octanol–water partition coefficient (Wildman–Crippen LogP) is -1.23. The lowest BCUT2D eigenvalue weighted by atomic mass is 10.1. The van der Waals surface area contributed by atoms with E-state index in [4.69, 9.17) is 0 Å². The molecular weight excluding hydrogens is 182 g/mol. The number of hydrogen-bond acceptors (Lipinski definition) is 6. The Bertz CT molecular complexity index is 613. The van der Waals surface area contributed by atoms with Gasteiger partial charge in [-0.3, -0.25) is 14.8 Å². The van der Waals surface area contributed by atoms with Crippen molar-refractivity contribution >= 4 is 23.3 Å². The smallest absolute Gasteiger partial charge is 0.210 e. The Kier molecular flexibility index (Phi) is 1.22. The van der Waals surface area contributed by atoms with Crippen molar-refractivity contribution in [3.63, 3.8) is 0 Å². The van der Waals surface area contributed by atoms with E-state index in [-0.39, 0.29) is 11.5 Å². The van der Waals surface area contributed by atoms with Gasteiger partial charge in [0.25, 0.3) is 0 Å². The Hall–Kier alpha value is -2.24. The van der Waals surface area contributed by atoms with Crippen LogP contribution in [0.1, 0.15) is 0 Å². The number of aromatic nitrogens is 2. The molecule has 1 aromatic rings. The van der Waals surface area contributed by atoms with Crippen LogP contribution in [0.2, 0.25) is 0 Å². The van der Waals surface area contributed by atoms with Crippen molar-refractivity contribution in [2.24, 2.45) is 15.4 Å². The van der Waals surface area contributed by atoms with Crippen LogP contribution >= 0.6 is 0 Å². The summed E-state index contributed by atoms with van der Waals surface area (Å²) in [6.07, 6.45) is 4.46. The summed E-state index contributed by atoms with van der Waals surface area (Å²) in [6, 6.07) is 0. The van der Waals surface area contributed by atoms with Gasteiger partial charge in [0.05, 0.1) is 5.35 Å². The van der Waals surface area contributed by atoms with Gasteiger partial charge >= 0.3 is 0 Å². The monoisotopic (exact) mass is 185 g/mol. The average Bonchev–Trinajstić information content (AvgIpc) is 2.67. The Morgan fingerprint density at radius 2 is 2.00 bits per heavy atom. The van der Waals surface area contributed by atoms with Gasteiger partial charge in [0, 0.05) is 18.5 Å². The van der Waals surface area contributed by atoms with E-state index in [2.05, 4.69) is 25.4 Å². The molecule has 6 nitrogen and oxygen atoms in total. The summed E-state index contributed by atoms with van der Waals surface area (Å²) in [6.45, 7) is 0. The first kappa shape index (κ1) is 7.19. The van der Waals surface area contributed by atoms with Crippen LogP contribution in [0.4, 0.5) is 0 Å². The molecule has 3 rings (SSSR count). The predicted molar refractivity (Wildman–Crippen MR) is 46.5 cm³/mol. The molecule has 0 unspecified atom stereocenters. The molecule has 1 aliphatic carbocycles. The lowest BCUT2D eigenvalue weighted by Gasteiger charge is -2.00. The Labute approximate surface area is 77.4 Å². The van der Waals surface area contributed by atoms with Crippen LogP contribution in [0.25, 0.3) is 11.8 Å². The quantitative estimate of drug-likeness (QED) is 0.507. The topological polar surface area (TPSA) is 79.9 Å². The molecule has 2 aliphatic rings. The Balaban J connectivity index is 2.57. The first-order valence-electron chi connectivity index (χ1n) is 3.93.